The molecule has 0 heterocycles. The molecule has 0 fully saturated rings. The van der Waals surface area contributed by atoms with Gasteiger partial charge in [0, 0.05) is 24.8 Å². The van der Waals surface area contributed by atoms with Crippen molar-refractivity contribution in [3.05, 3.63) is 53.6 Å². The number of benzene rings is 2. The molecule has 0 amide bonds. The Bertz CT molecular complexity index is 715. The summed E-state index contributed by atoms with van der Waals surface area (Å²) in [5, 5.41) is 4.20. The van der Waals surface area contributed by atoms with Crippen LogP contribution < -0.4 is 4.74 Å². The predicted octanol–water partition coefficient (Wildman–Crippen LogP) is 4.59. The van der Waals surface area contributed by atoms with Crippen LogP contribution in [0.3, 0.4) is 0 Å². The first-order chi connectivity index (χ1) is 11.3. The Labute approximate surface area is 150 Å². The molecule has 4 nitrogen and oxygen atoms in total. The van der Waals surface area contributed by atoms with Gasteiger partial charge in [0.15, 0.2) is 0 Å². The Morgan fingerprint density at radius 1 is 0.913 bits per heavy atom. The van der Waals surface area contributed by atoms with Crippen molar-refractivity contribution in [1.82, 2.24) is 0 Å². The molecular formula is C18H18INO3. The number of halogens is 1. The Balaban J connectivity index is 1.81. The topological polar surface area (TPSA) is 40.0 Å². The van der Waals surface area contributed by atoms with Crippen LogP contribution >= 0.6 is 23.0 Å². The van der Waals surface area contributed by atoms with Gasteiger partial charge in [-0.15, -0.1) is 0 Å². The maximum Gasteiger partial charge on any atom is 0.230 e. The summed E-state index contributed by atoms with van der Waals surface area (Å²) >= 11 is 1.79. The number of oxime groups is 1. The van der Waals surface area contributed by atoms with Gasteiger partial charge in [-0.1, -0.05) is 29.4 Å². The van der Waals surface area contributed by atoms with Crippen molar-refractivity contribution in [3.63, 3.8) is 0 Å². The van der Waals surface area contributed by atoms with Crippen molar-refractivity contribution in [2.45, 2.75) is 12.8 Å². The number of ether oxygens (including phenoxy) is 2. The van der Waals surface area contributed by atoms with E-state index in [0.29, 0.717) is 6.61 Å². The summed E-state index contributed by atoms with van der Waals surface area (Å²) in [5.74, 6) is 0.857. The SMILES string of the molecule is COCCCCOc1ccc2c(c1)/C(=N/OI)c1ccccc1-2. The molecule has 0 aliphatic heterocycles. The lowest BCUT2D eigenvalue weighted by Crippen LogP contribution is -2.02. The van der Waals surface area contributed by atoms with Gasteiger partial charge in [0.1, 0.15) is 11.5 Å². The van der Waals surface area contributed by atoms with E-state index in [-0.39, 0.29) is 0 Å². The van der Waals surface area contributed by atoms with Gasteiger partial charge in [-0.2, -0.15) is 0 Å². The van der Waals surface area contributed by atoms with E-state index in [1.165, 1.54) is 11.1 Å². The summed E-state index contributed by atoms with van der Waals surface area (Å²) in [6, 6.07) is 14.4. The molecule has 120 valence electrons. The van der Waals surface area contributed by atoms with Crippen molar-refractivity contribution < 1.29 is 12.6 Å². The largest absolute Gasteiger partial charge is 0.494 e. The quantitative estimate of drug-likeness (QED) is 0.317. The summed E-state index contributed by atoms with van der Waals surface area (Å²) < 4.78 is 15.9. The van der Waals surface area contributed by atoms with E-state index in [2.05, 4.69) is 23.4 Å². The zero-order valence-corrected chi connectivity index (χ0v) is 15.1. The van der Waals surface area contributed by atoms with Gasteiger partial charge in [-0.3, -0.25) is 0 Å². The monoisotopic (exact) mass is 423 g/mol. The fourth-order valence-corrected chi connectivity index (χ4v) is 2.98. The third-order valence-electron chi connectivity index (χ3n) is 3.86. The van der Waals surface area contributed by atoms with Crippen molar-refractivity contribution in [3.8, 4) is 16.9 Å². The second-order valence-electron chi connectivity index (χ2n) is 5.31. The number of rotatable bonds is 7. The van der Waals surface area contributed by atoms with Crippen LogP contribution in [-0.2, 0) is 7.90 Å². The molecule has 0 bridgehead atoms. The van der Waals surface area contributed by atoms with Crippen LogP contribution in [0.25, 0.3) is 11.1 Å². The van der Waals surface area contributed by atoms with Crippen LogP contribution in [-0.4, -0.2) is 26.0 Å². The number of unbranched alkanes of at least 4 members (excludes halogenated alkanes) is 1. The average molecular weight is 423 g/mol. The molecule has 0 spiro atoms. The van der Waals surface area contributed by atoms with E-state index in [1.807, 2.05) is 24.3 Å². The van der Waals surface area contributed by atoms with Gasteiger partial charge in [0.05, 0.1) is 6.61 Å². The van der Waals surface area contributed by atoms with Crippen molar-refractivity contribution in [1.29, 1.82) is 0 Å². The van der Waals surface area contributed by atoms with E-state index >= 15 is 0 Å². The molecule has 1 aliphatic rings. The number of methoxy groups -OCH3 is 1. The van der Waals surface area contributed by atoms with Crippen molar-refractivity contribution in [2.24, 2.45) is 5.16 Å². The minimum Gasteiger partial charge on any atom is -0.494 e. The first-order valence-corrected chi connectivity index (χ1v) is 8.45. The smallest absolute Gasteiger partial charge is 0.230 e. The highest BCUT2D eigenvalue weighted by molar-refractivity contribution is 14.1. The fourth-order valence-electron chi connectivity index (χ4n) is 2.78. The molecule has 5 heteroatoms. The zero-order valence-electron chi connectivity index (χ0n) is 12.9. The maximum absolute atomic E-state index is 5.85. The van der Waals surface area contributed by atoms with E-state index < -0.39 is 0 Å². The van der Waals surface area contributed by atoms with Gasteiger partial charge in [0.25, 0.3) is 0 Å². The fraction of sp³-hybridized carbons (Fsp3) is 0.278. The lowest BCUT2D eigenvalue weighted by atomic mass is 10.1. The molecule has 2 aromatic carbocycles. The molecule has 0 saturated carbocycles. The van der Waals surface area contributed by atoms with Crippen LogP contribution in [0.5, 0.6) is 5.75 Å². The van der Waals surface area contributed by atoms with Gasteiger partial charge in [0.2, 0.25) is 23.0 Å². The molecule has 0 radical (unpaired) electrons. The Kier molecular flexibility index (Phi) is 5.51. The third-order valence-corrected chi connectivity index (χ3v) is 4.05. The molecule has 1 aliphatic carbocycles. The minimum absolute atomic E-state index is 0.685. The molecule has 23 heavy (non-hydrogen) atoms. The first-order valence-electron chi connectivity index (χ1n) is 7.57. The standard InChI is InChI=1S/C18H18INO3/c1-21-10-4-5-11-22-13-8-9-15-14-6-2-3-7-16(14)18(20-23-19)17(15)12-13/h2-3,6-9,12H,4-5,10-11H2,1H3/b20-18+. The second kappa shape index (κ2) is 7.79. The molecule has 3 rings (SSSR count). The highest BCUT2D eigenvalue weighted by atomic mass is 127. The van der Waals surface area contributed by atoms with Gasteiger partial charge < -0.3 is 12.6 Å². The maximum atomic E-state index is 5.85. The molecule has 0 atom stereocenters. The normalized spacial score (nSPS) is 13.7. The Morgan fingerprint density at radius 3 is 2.43 bits per heavy atom. The second-order valence-corrected chi connectivity index (χ2v) is 5.70. The number of nitrogens with zero attached hydrogens (tertiary/aromatic N) is 1. The van der Waals surface area contributed by atoms with Gasteiger partial charge in [-0.05, 0) is 42.2 Å². The van der Waals surface area contributed by atoms with Crippen LogP contribution in [0, 0.1) is 0 Å². The Hall–Kier alpha value is -1.60. The van der Waals surface area contributed by atoms with E-state index in [9.17, 15) is 0 Å². The molecule has 0 saturated heterocycles. The van der Waals surface area contributed by atoms with E-state index in [0.717, 1.165) is 42.0 Å². The summed E-state index contributed by atoms with van der Waals surface area (Å²) in [7, 11) is 1.72. The lowest BCUT2D eigenvalue weighted by Gasteiger charge is -2.08. The predicted molar refractivity (Wildman–Crippen MR) is 99.2 cm³/mol. The van der Waals surface area contributed by atoms with E-state index in [1.54, 1.807) is 30.1 Å². The Morgan fingerprint density at radius 2 is 1.65 bits per heavy atom. The van der Waals surface area contributed by atoms with E-state index in [4.69, 9.17) is 12.6 Å². The minimum atomic E-state index is 0.685. The summed E-state index contributed by atoms with van der Waals surface area (Å²) in [5.41, 5.74) is 5.35. The number of fused-ring (bicyclic) bond motifs is 3. The van der Waals surface area contributed by atoms with Crippen molar-refractivity contribution in [2.75, 3.05) is 20.3 Å². The zero-order chi connectivity index (χ0) is 16.1. The first kappa shape index (κ1) is 16.3. The highest BCUT2D eigenvalue weighted by Crippen LogP contribution is 2.38. The van der Waals surface area contributed by atoms with Crippen LogP contribution in [0.4, 0.5) is 0 Å². The highest BCUT2D eigenvalue weighted by Gasteiger charge is 2.25. The number of hydrogen-bond acceptors (Lipinski definition) is 4. The number of hydrogen-bond donors (Lipinski definition) is 0. The summed E-state index contributed by atoms with van der Waals surface area (Å²) in [6.45, 7) is 1.46. The third kappa shape index (κ3) is 3.50. The van der Waals surface area contributed by atoms with Crippen LogP contribution in [0.1, 0.15) is 24.0 Å². The van der Waals surface area contributed by atoms with Gasteiger partial charge >= 0.3 is 0 Å². The molecule has 0 aromatic heterocycles. The molecule has 0 N–H and O–H groups in total. The van der Waals surface area contributed by atoms with Crippen LogP contribution in [0.2, 0.25) is 0 Å². The summed E-state index contributed by atoms with van der Waals surface area (Å²) in [4.78, 5) is 0. The molecule has 2 aromatic rings. The van der Waals surface area contributed by atoms with Gasteiger partial charge in [-0.25, -0.2) is 0 Å². The molecule has 0 unspecified atom stereocenters. The van der Waals surface area contributed by atoms with Crippen molar-refractivity contribution >= 4 is 28.7 Å². The van der Waals surface area contributed by atoms with Crippen LogP contribution in [0.15, 0.2) is 47.6 Å². The average Bonchev–Trinajstić information content (AvgIpc) is 2.89. The molecular weight excluding hydrogens is 405 g/mol. The lowest BCUT2D eigenvalue weighted by molar-refractivity contribution is 0.184. The summed E-state index contributed by atoms with van der Waals surface area (Å²) in [6.07, 6.45) is 1.98.